The van der Waals surface area contributed by atoms with Crippen LogP contribution in [-0.4, -0.2) is 48.2 Å². The second kappa shape index (κ2) is 10.1. The van der Waals surface area contributed by atoms with Gasteiger partial charge in [0.15, 0.2) is 5.16 Å². The van der Waals surface area contributed by atoms with Crippen LogP contribution in [0.5, 0.6) is 0 Å². The van der Waals surface area contributed by atoms with Crippen molar-refractivity contribution in [2.75, 3.05) is 12.8 Å². The van der Waals surface area contributed by atoms with E-state index in [0.717, 1.165) is 36.1 Å². The van der Waals surface area contributed by atoms with Gasteiger partial charge in [0.25, 0.3) is 5.91 Å². The lowest BCUT2D eigenvalue weighted by molar-refractivity contribution is 0.0943. The van der Waals surface area contributed by atoms with Gasteiger partial charge in [0.05, 0.1) is 5.69 Å². The first-order chi connectivity index (χ1) is 14.4. The van der Waals surface area contributed by atoms with Crippen LogP contribution in [0.4, 0.5) is 0 Å². The van der Waals surface area contributed by atoms with Gasteiger partial charge in [-0.05, 0) is 49.8 Å². The van der Waals surface area contributed by atoms with Crippen molar-refractivity contribution < 1.29 is 4.79 Å². The monoisotopic (exact) mass is 447 g/mol. The van der Waals surface area contributed by atoms with Crippen molar-refractivity contribution in [2.45, 2.75) is 45.3 Å². The summed E-state index contributed by atoms with van der Waals surface area (Å²) in [7, 11) is 0. The van der Waals surface area contributed by atoms with Crippen molar-refractivity contribution >= 4 is 29.3 Å². The number of nitrogens with zero attached hydrogens (tertiary/aromatic N) is 6. The molecule has 2 aromatic heterocycles. The number of thioether (sulfide) groups is 1. The number of halogens is 1. The highest BCUT2D eigenvalue weighted by Crippen LogP contribution is 2.17. The molecule has 3 aromatic rings. The first-order valence-corrected chi connectivity index (χ1v) is 11.4. The molecule has 1 aromatic carbocycles. The average molecular weight is 448 g/mol. The Morgan fingerprint density at radius 3 is 2.63 bits per heavy atom. The van der Waals surface area contributed by atoms with E-state index in [1.807, 2.05) is 25.3 Å². The molecule has 1 amide bonds. The molecular formula is C20H26ClN7OS. The normalized spacial score (nSPS) is 11.3. The van der Waals surface area contributed by atoms with Crippen molar-refractivity contribution in [1.82, 2.24) is 34.8 Å². The van der Waals surface area contributed by atoms with Gasteiger partial charge in [0.2, 0.25) is 5.82 Å². The van der Waals surface area contributed by atoms with Crippen LogP contribution in [0.3, 0.4) is 0 Å². The summed E-state index contributed by atoms with van der Waals surface area (Å²) >= 11 is 7.53. The van der Waals surface area contributed by atoms with Gasteiger partial charge >= 0.3 is 0 Å². The molecule has 30 heavy (non-hydrogen) atoms. The Kier molecular flexibility index (Phi) is 7.49. The molecule has 0 aliphatic rings. The number of aryl methyl sites for hydroxylation is 2. The first-order valence-electron chi connectivity index (χ1n) is 9.83. The number of hydrogen-bond acceptors (Lipinski definition) is 6. The molecule has 0 saturated heterocycles. The number of nitrogens with one attached hydrogen (secondary N) is 1. The lowest BCUT2D eigenvalue weighted by Gasteiger charge is -2.11. The van der Waals surface area contributed by atoms with E-state index in [4.69, 9.17) is 11.6 Å². The van der Waals surface area contributed by atoms with Crippen LogP contribution in [-0.2, 0) is 13.0 Å². The van der Waals surface area contributed by atoms with Gasteiger partial charge in [-0.3, -0.25) is 4.79 Å². The van der Waals surface area contributed by atoms with Crippen LogP contribution in [0.1, 0.15) is 42.5 Å². The number of amides is 1. The second-order valence-corrected chi connectivity index (χ2v) is 8.55. The van der Waals surface area contributed by atoms with Crippen molar-refractivity contribution in [3.63, 3.8) is 0 Å². The molecule has 0 saturated carbocycles. The number of carbonyl (C=O) groups excluding carboxylic acids is 1. The van der Waals surface area contributed by atoms with E-state index in [-0.39, 0.29) is 11.7 Å². The van der Waals surface area contributed by atoms with Gasteiger partial charge in [-0.15, -0.1) is 15.3 Å². The van der Waals surface area contributed by atoms with E-state index >= 15 is 0 Å². The predicted molar refractivity (Wildman–Crippen MR) is 118 cm³/mol. The topological polar surface area (TPSA) is 90.5 Å². The van der Waals surface area contributed by atoms with Crippen molar-refractivity contribution in [3.05, 3.63) is 46.8 Å². The lowest BCUT2D eigenvalue weighted by Crippen LogP contribution is -2.26. The summed E-state index contributed by atoms with van der Waals surface area (Å²) in [5.74, 6) is 1.95. The Morgan fingerprint density at radius 1 is 1.23 bits per heavy atom. The van der Waals surface area contributed by atoms with E-state index in [1.165, 1.54) is 0 Å². The average Bonchev–Trinajstić information content (AvgIpc) is 3.28. The molecule has 160 valence electrons. The predicted octanol–water partition coefficient (Wildman–Crippen LogP) is 3.56. The number of rotatable bonds is 9. The second-order valence-electron chi connectivity index (χ2n) is 7.34. The summed E-state index contributed by atoms with van der Waals surface area (Å²) < 4.78 is 3.79. The third-order valence-corrected chi connectivity index (χ3v) is 5.35. The number of hydrogen-bond donors (Lipinski definition) is 1. The quantitative estimate of drug-likeness (QED) is 0.398. The zero-order valence-electron chi connectivity index (χ0n) is 17.6. The maximum absolute atomic E-state index is 12.5. The van der Waals surface area contributed by atoms with Gasteiger partial charge in [0, 0.05) is 24.5 Å². The van der Waals surface area contributed by atoms with E-state index in [2.05, 4.69) is 44.0 Å². The standard InChI is InChI=1S/C20H26ClN7OS/c1-13(2)12-27-17(24-25-20(27)30-4)6-5-11-22-19(29)18-23-14(3)28(26-18)16-9-7-15(21)8-10-16/h7-10,13H,5-6,11-12H2,1-4H3,(H,22,29). The van der Waals surface area contributed by atoms with Gasteiger partial charge in [-0.2, -0.15) is 0 Å². The highest BCUT2D eigenvalue weighted by molar-refractivity contribution is 7.98. The van der Waals surface area contributed by atoms with Crippen LogP contribution in [0.15, 0.2) is 29.4 Å². The van der Waals surface area contributed by atoms with E-state index in [0.29, 0.717) is 23.3 Å². The molecular weight excluding hydrogens is 422 g/mol. The molecule has 0 unspecified atom stereocenters. The summed E-state index contributed by atoms with van der Waals surface area (Å²) in [6.45, 7) is 7.55. The third kappa shape index (κ3) is 5.40. The Bertz CT molecular complexity index is 997. The molecule has 0 spiro atoms. The molecule has 0 bridgehead atoms. The highest BCUT2D eigenvalue weighted by atomic mass is 35.5. The van der Waals surface area contributed by atoms with Crippen LogP contribution in [0.2, 0.25) is 5.02 Å². The van der Waals surface area contributed by atoms with Gasteiger partial charge in [-0.1, -0.05) is 37.2 Å². The van der Waals surface area contributed by atoms with Gasteiger partial charge in [0.1, 0.15) is 11.6 Å². The maximum Gasteiger partial charge on any atom is 0.290 e. The minimum absolute atomic E-state index is 0.148. The Labute approximate surface area is 185 Å². The number of aromatic nitrogens is 6. The molecule has 2 heterocycles. The molecule has 0 atom stereocenters. The van der Waals surface area contributed by atoms with E-state index < -0.39 is 0 Å². The Morgan fingerprint density at radius 2 is 1.97 bits per heavy atom. The molecule has 0 fully saturated rings. The van der Waals surface area contributed by atoms with E-state index in [9.17, 15) is 4.79 Å². The van der Waals surface area contributed by atoms with Crippen LogP contribution in [0.25, 0.3) is 5.69 Å². The summed E-state index contributed by atoms with van der Waals surface area (Å²) in [4.78, 5) is 16.7. The summed E-state index contributed by atoms with van der Waals surface area (Å²) in [6.07, 6.45) is 3.50. The fourth-order valence-electron chi connectivity index (χ4n) is 3.04. The first kappa shape index (κ1) is 22.3. The molecule has 1 N–H and O–H groups in total. The number of benzene rings is 1. The summed E-state index contributed by atoms with van der Waals surface area (Å²) in [5, 5.41) is 17.4. The third-order valence-electron chi connectivity index (χ3n) is 4.43. The van der Waals surface area contributed by atoms with Crippen LogP contribution >= 0.6 is 23.4 Å². The molecule has 3 rings (SSSR count). The van der Waals surface area contributed by atoms with Gasteiger partial charge < -0.3 is 9.88 Å². The van der Waals surface area contributed by atoms with Crippen LogP contribution in [0, 0.1) is 12.8 Å². The Hall–Kier alpha value is -2.39. The molecule has 0 aliphatic heterocycles. The lowest BCUT2D eigenvalue weighted by atomic mass is 10.2. The van der Waals surface area contributed by atoms with Crippen molar-refractivity contribution in [1.29, 1.82) is 0 Å². The van der Waals surface area contributed by atoms with Crippen molar-refractivity contribution in [3.8, 4) is 5.69 Å². The fourth-order valence-corrected chi connectivity index (χ4v) is 3.69. The molecule has 8 nitrogen and oxygen atoms in total. The smallest absolute Gasteiger partial charge is 0.290 e. The fraction of sp³-hybridized carbons (Fsp3) is 0.450. The van der Waals surface area contributed by atoms with Crippen LogP contribution < -0.4 is 5.32 Å². The highest BCUT2D eigenvalue weighted by Gasteiger charge is 2.16. The zero-order valence-corrected chi connectivity index (χ0v) is 19.2. The van der Waals surface area contributed by atoms with Crippen molar-refractivity contribution in [2.24, 2.45) is 5.92 Å². The number of carbonyl (C=O) groups is 1. The minimum Gasteiger partial charge on any atom is -0.349 e. The Balaban J connectivity index is 1.56. The van der Waals surface area contributed by atoms with E-state index in [1.54, 1.807) is 28.6 Å². The largest absolute Gasteiger partial charge is 0.349 e. The zero-order chi connectivity index (χ0) is 21.7. The summed E-state index contributed by atoms with van der Waals surface area (Å²) in [6, 6.07) is 7.22. The molecule has 0 aliphatic carbocycles. The summed E-state index contributed by atoms with van der Waals surface area (Å²) in [5.41, 5.74) is 0.803. The SMILES string of the molecule is CSc1nnc(CCCNC(=O)c2nc(C)n(-c3ccc(Cl)cc3)n2)n1CC(C)C. The molecule has 10 heteroatoms. The van der Waals surface area contributed by atoms with Gasteiger partial charge in [-0.25, -0.2) is 9.67 Å². The minimum atomic E-state index is -0.292. The molecule has 0 radical (unpaired) electrons. The maximum atomic E-state index is 12.5.